The molecule has 0 aromatic carbocycles. The van der Waals surface area contributed by atoms with Crippen molar-refractivity contribution in [2.45, 2.75) is 24.4 Å². The van der Waals surface area contributed by atoms with E-state index in [1.165, 1.54) is 11.8 Å². The number of carbonyl (C=O) groups excluding carboxylic acids is 1. The van der Waals surface area contributed by atoms with Gasteiger partial charge in [0.2, 0.25) is 0 Å². The minimum Gasteiger partial charge on any atom is -0.465 e. The molecule has 0 bridgehead atoms. The molecule has 1 atom stereocenters. The summed E-state index contributed by atoms with van der Waals surface area (Å²) in [6.45, 7) is 3.98. The first-order chi connectivity index (χ1) is 8.51. The molecule has 18 heavy (non-hydrogen) atoms. The third-order valence-corrected chi connectivity index (χ3v) is 3.97. The molecule has 0 radical (unpaired) electrons. The number of likely N-dealkylation sites (N-methyl/N-ethyl adjacent to an activating group) is 1. The summed E-state index contributed by atoms with van der Waals surface area (Å²) in [7, 11) is 1.74. The van der Waals surface area contributed by atoms with Gasteiger partial charge in [-0.05, 0) is 33.0 Å². The topological polar surface area (TPSA) is 51.2 Å². The molecule has 0 aliphatic carbocycles. The normalized spacial score (nSPS) is 14.0. The highest BCUT2D eigenvalue weighted by Gasteiger charge is 2.33. The summed E-state index contributed by atoms with van der Waals surface area (Å²) < 4.78 is 5.05. The number of esters is 1. The lowest BCUT2D eigenvalue weighted by Gasteiger charge is -2.25. The first kappa shape index (κ1) is 15.3. The maximum atomic E-state index is 11.8. The molecule has 1 unspecified atom stereocenters. The van der Waals surface area contributed by atoms with E-state index in [0.717, 1.165) is 5.03 Å². The molecule has 0 saturated carbocycles. The average Bonchev–Trinajstić information content (AvgIpc) is 2.38. The molecule has 0 fully saturated rings. The quantitative estimate of drug-likeness (QED) is 0.643. The highest BCUT2D eigenvalue weighted by atomic mass is 35.5. The zero-order valence-corrected chi connectivity index (χ0v) is 12.3. The van der Waals surface area contributed by atoms with Gasteiger partial charge in [-0.15, -0.1) is 11.8 Å². The van der Waals surface area contributed by atoms with Gasteiger partial charge in [-0.25, -0.2) is 4.98 Å². The highest BCUT2D eigenvalue weighted by Crippen LogP contribution is 2.22. The van der Waals surface area contributed by atoms with E-state index in [1.54, 1.807) is 26.2 Å². The van der Waals surface area contributed by atoms with Crippen LogP contribution in [0.15, 0.2) is 23.4 Å². The predicted molar refractivity (Wildman–Crippen MR) is 74.1 cm³/mol. The van der Waals surface area contributed by atoms with Gasteiger partial charge in [0.25, 0.3) is 0 Å². The summed E-state index contributed by atoms with van der Waals surface area (Å²) in [4.78, 5) is 16.0. The van der Waals surface area contributed by atoms with Gasteiger partial charge < -0.3 is 10.1 Å². The van der Waals surface area contributed by atoms with E-state index in [1.807, 2.05) is 13.0 Å². The number of rotatable bonds is 6. The van der Waals surface area contributed by atoms with Crippen molar-refractivity contribution < 1.29 is 9.53 Å². The van der Waals surface area contributed by atoms with Gasteiger partial charge in [-0.2, -0.15) is 0 Å². The van der Waals surface area contributed by atoms with Crippen LogP contribution in [-0.4, -0.2) is 35.9 Å². The standard InChI is InChI=1S/C12H17ClN2O2S/c1-4-17-11(16)12(2,14-3)8-18-10-6-5-9(13)7-15-10/h5-7,14H,4,8H2,1-3H3. The Bertz CT molecular complexity index is 400. The first-order valence-corrected chi connectivity index (χ1v) is 6.98. The number of ether oxygens (including phenoxy) is 1. The number of halogens is 1. The Balaban J connectivity index is 2.63. The number of hydrogen-bond acceptors (Lipinski definition) is 5. The van der Waals surface area contributed by atoms with Crippen molar-refractivity contribution in [3.05, 3.63) is 23.4 Å². The lowest BCUT2D eigenvalue weighted by atomic mass is 10.1. The number of thioether (sulfide) groups is 1. The Kier molecular flexibility index (Phi) is 5.91. The fourth-order valence-electron chi connectivity index (χ4n) is 1.19. The van der Waals surface area contributed by atoms with Crippen LogP contribution in [0.25, 0.3) is 0 Å². The van der Waals surface area contributed by atoms with Gasteiger partial charge in [0.1, 0.15) is 5.54 Å². The van der Waals surface area contributed by atoms with Crippen molar-refractivity contribution in [2.75, 3.05) is 19.4 Å². The van der Waals surface area contributed by atoms with Crippen LogP contribution in [0.3, 0.4) is 0 Å². The summed E-state index contributed by atoms with van der Waals surface area (Å²) in [6, 6.07) is 3.60. The Labute approximate surface area is 116 Å². The SMILES string of the molecule is CCOC(=O)C(C)(CSc1ccc(Cl)cn1)NC. The summed E-state index contributed by atoms with van der Waals surface area (Å²) in [6.07, 6.45) is 1.59. The van der Waals surface area contributed by atoms with E-state index >= 15 is 0 Å². The summed E-state index contributed by atoms with van der Waals surface area (Å²) >= 11 is 7.24. The Morgan fingerprint density at radius 3 is 2.83 bits per heavy atom. The van der Waals surface area contributed by atoms with E-state index in [4.69, 9.17) is 16.3 Å². The Hall–Kier alpha value is -0.780. The number of carbonyl (C=O) groups is 1. The number of hydrogen-bond donors (Lipinski definition) is 1. The van der Waals surface area contributed by atoms with E-state index in [9.17, 15) is 4.79 Å². The van der Waals surface area contributed by atoms with Crippen LogP contribution in [0.4, 0.5) is 0 Å². The third-order valence-electron chi connectivity index (χ3n) is 2.49. The molecule has 0 aliphatic rings. The molecular formula is C12H17ClN2O2S. The van der Waals surface area contributed by atoms with Gasteiger partial charge in [0.05, 0.1) is 16.7 Å². The van der Waals surface area contributed by atoms with Crippen LogP contribution in [0.5, 0.6) is 0 Å². The lowest BCUT2D eigenvalue weighted by Crippen LogP contribution is -2.50. The van der Waals surface area contributed by atoms with Crippen LogP contribution < -0.4 is 5.32 Å². The Morgan fingerprint density at radius 1 is 1.61 bits per heavy atom. The smallest absolute Gasteiger partial charge is 0.326 e. The zero-order valence-electron chi connectivity index (χ0n) is 10.7. The maximum Gasteiger partial charge on any atom is 0.326 e. The van der Waals surface area contributed by atoms with Gasteiger partial charge in [-0.1, -0.05) is 11.6 Å². The lowest BCUT2D eigenvalue weighted by molar-refractivity contribution is -0.149. The largest absolute Gasteiger partial charge is 0.465 e. The molecule has 100 valence electrons. The second-order valence-corrected chi connectivity index (χ2v) is 5.34. The summed E-state index contributed by atoms with van der Waals surface area (Å²) in [5, 5.41) is 4.42. The minimum atomic E-state index is -0.720. The van der Waals surface area contributed by atoms with Gasteiger partial charge in [-0.3, -0.25) is 4.79 Å². The number of nitrogens with one attached hydrogen (secondary N) is 1. The number of aromatic nitrogens is 1. The molecule has 1 aromatic rings. The van der Waals surface area contributed by atoms with Crippen LogP contribution >= 0.6 is 23.4 Å². The molecule has 1 heterocycles. The summed E-state index contributed by atoms with van der Waals surface area (Å²) in [5.41, 5.74) is -0.720. The fraction of sp³-hybridized carbons (Fsp3) is 0.500. The van der Waals surface area contributed by atoms with Crippen LogP contribution in [0.2, 0.25) is 5.02 Å². The third kappa shape index (κ3) is 4.15. The van der Waals surface area contributed by atoms with E-state index in [-0.39, 0.29) is 5.97 Å². The minimum absolute atomic E-state index is 0.256. The van der Waals surface area contributed by atoms with E-state index in [0.29, 0.717) is 17.4 Å². The van der Waals surface area contributed by atoms with Crippen LogP contribution in [0, 0.1) is 0 Å². The van der Waals surface area contributed by atoms with Crippen molar-refractivity contribution in [2.24, 2.45) is 0 Å². The molecule has 0 aliphatic heterocycles. The highest BCUT2D eigenvalue weighted by molar-refractivity contribution is 7.99. The number of pyridine rings is 1. The zero-order chi connectivity index (χ0) is 13.6. The van der Waals surface area contributed by atoms with Gasteiger partial charge in [0, 0.05) is 11.9 Å². The average molecular weight is 289 g/mol. The first-order valence-electron chi connectivity index (χ1n) is 5.62. The van der Waals surface area contributed by atoms with Crippen molar-refractivity contribution in [1.82, 2.24) is 10.3 Å². The summed E-state index contributed by atoms with van der Waals surface area (Å²) in [5.74, 6) is 0.283. The predicted octanol–water partition coefficient (Wildman–Crippen LogP) is 2.37. The van der Waals surface area contributed by atoms with Crippen molar-refractivity contribution >= 4 is 29.3 Å². The maximum absolute atomic E-state index is 11.8. The Morgan fingerprint density at radius 2 is 2.33 bits per heavy atom. The number of nitrogens with zero attached hydrogens (tertiary/aromatic N) is 1. The fourth-order valence-corrected chi connectivity index (χ4v) is 2.29. The monoisotopic (exact) mass is 288 g/mol. The van der Waals surface area contributed by atoms with Crippen molar-refractivity contribution in [3.63, 3.8) is 0 Å². The molecule has 0 amide bonds. The molecule has 6 heteroatoms. The van der Waals surface area contributed by atoms with E-state index < -0.39 is 5.54 Å². The second kappa shape index (κ2) is 6.97. The molecule has 1 rings (SSSR count). The van der Waals surface area contributed by atoms with Gasteiger partial charge in [0.15, 0.2) is 0 Å². The van der Waals surface area contributed by atoms with E-state index in [2.05, 4.69) is 10.3 Å². The molecular weight excluding hydrogens is 272 g/mol. The van der Waals surface area contributed by atoms with Crippen molar-refractivity contribution in [3.8, 4) is 0 Å². The molecule has 1 aromatic heterocycles. The van der Waals surface area contributed by atoms with Gasteiger partial charge >= 0.3 is 5.97 Å². The van der Waals surface area contributed by atoms with Crippen molar-refractivity contribution in [1.29, 1.82) is 0 Å². The molecule has 0 spiro atoms. The molecule has 0 saturated heterocycles. The molecule has 1 N–H and O–H groups in total. The molecule has 4 nitrogen and oxygen atoms in total. The van der Waals surface area contributed by atoms with Crippen LogP contribution in [-0.2, 0) is 9.53 Å². The second-order valence-electron chi connectivity index (χ2n) is 3.91. The van der Waals surface area contributed by atoms with Crippen LogP contribution in [0.1, 0.15) is 13.8 Å².